The Hall–Kier alpha value is -7.38. The molecule has 0 radical (unpaired) electrons. The summed E-state index contributed by atoms with van der Waals surface area (Å²) in [5, 5.41) is 20.8. The molecule has 1 fully saturated rings. The van der Waals surface area contributed by atoms with E-state index in [9.17, 15) is 28.1 Å². The number of benzene rings is 5. The number of sulfonamides is 1. The topological polar surface area (TPSA) is 240 Å². The van der Waals surface area contributed by atoms with Gasteiger partial charge in [-0.2, -0.15) is 15.5 Å². The van der Waals surface area contributed by atoms with Crippen LogP contribution >= 0.6 is 8.53 Å². The van der Waals surface area contributed by atoms with Crippen molar-refractivity contribution in [2.24, 2.45) is 10.2 Å². The quantitative estimate of drug-likeness (QED) is 0.0121. The number of carbonyl (C=O) groups excluding carboxylic acids is 1. The highest BCUT2D eigenvalue weighted by molar-refractivity contribution is 7.89. The van der Waals surface area contributed by atoms with E-state index < -0.39 is 59.7 Å². The van der Waals surface area contributed by atoms with Crippen molar-refractivity contribution in [3.05, 3.63) is 183 Å². The molecule has 1 amide bonds. The highest BCUT2D eigenvalue weighted by Gasteiger charge is 2.45. The number of nitrogens with one attached hydrogen (secondary N) is 3. The summed E-state index contributed by atoms with van der Waals surface area (Å²) in [5.41, 5.74) is 2.00. The van der Waals surface area contributed by atoms with E-state index in [4.69, 9.17) is 28.0 Å². The van der Waals surface area contributed by atoms with Crippen LogP contribution in [0.3, 0.4) is 0 Å². The fourth-order valence-electron chi connectivity index (χ4n) is 9.61. The van der Waals surface area contributed by atoms with Crippen molar-refractivity contribution in [3.63, 3.8) is 0 Å². The van der Waals surface area contributed by atoms with Crippen LogP contribution in [0.2, 0.25) is 0 Å². The molecule has 1 aliphatic rings. The minimum Gasteiger partial charge on any atom is -0.497 e. The summed E-state index contributed by atoms with van der Waals surface area (Å²) in [6.45, 7) is 8.80. The molecule has 22 heteroatoms. The zero-order valence-corrected chi connectivity index (χ0v) is 50.6. The fraction of sp³-hybridized carbons (Fsp3) is 0.387. The van der Waals surface area contributed by atoms with Crippen LogP contribution in [0, 0.1) is 11.3 Å². The molecule has 3 N–H and O–H groups in total. The minimum atomic E-state index is -3.74. The lowest BCUT2D eigenvalue weighted by Crippen LogP contribution is -2.39. The van der Waals surface area contributed by atoms with Crippen LogP contribution in [-0.2, 0) is 38.9 Å². The average Bonchev–Trinajstić information content (AvgIpc) is 3.33. The Morgan fingerprint density at radius 3 is 1.95 bits per heavy atom. The number of amides is 1. The molecule has 6 aromatic rings. The number of carbonyl (C=O) groups is 1. The van der Waals surface area contributed by atoms with Gasteiger partial charge in [0.1, 0.15) is 29.4 Å². The van der Waals surface area contributed by atoms with Crippen molar-refractivity contribution in [1.29, 1.82) is 5.26 Å². The third-order valence-corrected chi connectivity index (χ3v) is 17.5. The number of hydrogen-bond donors (Lipinski definition) is 3. The Kier molecular flexibility index (Phi) is 23.7. The van der Waals surface area contributed by atoms with E-state index in [1.54, 1.807) is 26.4 Å². The molecule has 7 rings (SSSR count). The number of anilines is 1. The van der Waals surface area contributed by atoms with Gasteiger partial charge in [0.25, 0.3) is 14.1 Å². The maximum Gasteiger partial charge on any atom is 0.330 e. The predicted molar refractivity (Wildman–Crippen MR) is 325 cm³/mol. The molecule has 1 aromatic heterocycles. The monoisotopic (exact) mass is 1190 g/mol. The fourth-order valence-corrected chi connectivity index (χ4v) is 12.4. The molecule has 2 heterocycles. The molecular formula is C62H76N9O11PS. The van der Waals surface area contributed by atoms with E-state index >= 15 is 0 Å². The number of azo groups is 1. The molecular weight excluding hydrogens is 1110 g/mol. The van der Waals surface area contributed by atoms with Crippen molar-refractivity contribution in [3.8, 4) is 17.6 Å². The Morgan fingerprint density at radius 1 is 0.821 bits per heavy atom. The van der Waals surface area contributed by atoms with Gasteiger partial charge in [-0.25, -0.2) is 22.6 Å². The molecule has 1 saturated heterocycles. The number of nitriles is 1. The van der Waals surface area contributed by atoms with Crippen LogP contribution < -0.4 is 35.7 Å². The number of rotatable bonds is 31. The number of ether oxygens (including phenoxy) is 4. The SMILES string of the molecule is COc1ccc(C(OC[C@H]2O[C@@H](n3cc(C=CC(=O)NCCCCCCNS(=O)(=O)c4ccc(N=Nc5ccc(N(C)C)cc5)cc4)c(=O)[nH]c3=O)C[C@@H]2OP(OCCC#N)N(C(C)C)C(C)C)(c2ccccc2)c2ccc(OC)cc2)cc1. The summed E-state index contributed by atoms with van der Waals surface area (Å²) < 4.78 is 70.6. The van der Waals surface area contributed by atoms with Gasteiger partial charge in [-0.15, -0.1) is 0 Å². The first-order valence-electron chi connectivity index (χ1n) is 28.0. The minimum absolute atomic E-state index is 0.0173. The summed E-state index contributed by atoms with van der Waals surface area (Å²) in [7, 11) is 1.58. The van der Waals surface area contributed by atoms with Gasteiger partial charge in [0.2, 0.25) is 15.9 Å². The van der Waals surface area contributed by atoms with E-state index in [1.807, 2.05) is 150 Å². The van der Waals surface area contributed by atoms with Crippen molar-refractivity contribution in [2.45, 2.75) is 107 Å². The molecule has 5 aromatic carbocycles. The second kappa shape index (κ2) is 31.0. The molecule has 1 unspecified atom stereocenters. The lowest BCUT2D eigenvalue weighted by molar-refractivity contribution is -0.116. The van der Waals surface area contributed by atoms with Crippen LogP contribution in [0.15, 0.2) is 164 Å². The van der Waals surface area contributed by atoms with Gasteiger partial charge in [0.15, 0.2) is 0 Å². The largest absolute Gasteiger partial charge is 0.497 e. The Labute approximate surface area is 493 Å². The predicted octanol–water partition coefficient (Wildman–Crippen LogP) is 10.7. The zero-order chi connectivity index (χ0) is 60.2. The van der Waals surface area contributed by atoms with Crippen molar-refractivity contribution < 1.29 is 41.2 Å². The highest BCUT2D eigenvalue weighted by Crippen LogP contribution is 2.51. The normalized spacial score (nSPS) is 16.0. The lowest BCUT2D eigenvalue weighted by atomic mass is 9.80. The number of hydrogen-bond acceptors (Lipinski definition) is 16. The van der Waals surface area contributed by atoms with Gasteiger partial charge in [0.05, 0.1) is 67.9 Å². The van der Waals surface area contributed by atoms with Gasteiger partial charge < -0.3 is 38.2 Å². The van der Waals surface area contributed by atoms with Crippen molar-refractivity contribution in [2.75, 3.05) is 59.5 Å². The van der Waals surface area contributed by atoms with E-state index in [-0.39, 0.29) is 55.1 Å². The van der Waals surface area contributed by atoms with E-state index in [0.717, 1.165) is 28.8 Å². The molecule has 0 bridgehead atoms. The van der Waals surface area contributed by atoms with E-state index in [0.29, 0.717) is 48.7 Å². The van der Waals surface area contributed by atoms with E-state index in [1.165, 1.54) is 35.0 Å². The van der Waals surface area contributed by atoms with Crippen molar-refractivity contribution in [1.82, 2.24) is 24.3 Å². The standard InChI is InChI=1S/C62H76N9O11PS/c1-44(2)71(45(3)4)83(80-40-16-37-63)82-56-41-59(81-57(56)43-79-62(47-17-12-11-13-18-47,48-20-30-53(77-7)31-21-48)49-22-32-54(78-8)33-23-49)70-42-46(60(73)66-61(70)74)19-36-58(72)64-38-14-9-10-15-39-65-84(75,76)55-34-26-51(27-35-55)68-67-50-24-28-52(29-25-50)69(5)6/h11-13,17-36,42,44-45,56-57,59,65H,9-10,14-16,38-41,43H2,1-8H3,(H,64,72)(H,66,73,74)/t56-,57+,59+,83?/m0/s1. The Balaban J connectivity index is 1.01. The molecule has 84 heavy (non-hydrogen) atoms. The number of H-pyrrole nitrogens is 1. The molecule has 0 aliphatic carbocycles. The zero-order valence-electron chi connectivity index (χ0n) is 48.8. The third-order valence-electron chi connectivity index (χ3n) is 13.9. The van der Waals surface area contributed by atoms with Crippen LogP contribution in [0.5, 0.6) is 11.5 Å². The molecule has 1 aliphatic heterocycles. The number of aromatic nitrogens is 2. The first kappa shape index (κ1) is 64.2. The van der Waals surface area contributed by atoms with Crippen LogP contribution in [0.4, 0.5) is 17.1 Å². The summed E-state index contributed by atoms with van der Waals surface area (Å²) in [4.78, 5) is 44.7. The van der Waals surface area contributed by atoms with E-state index in [2.05, 4.69) is 36.0 Å². The number of methoxy groups -OCH3 is 2. The van der Waals surface area contributed by atoms with Gasteiger partial charge in [-0.05, 0) is 136 Å². The van der Waals surface area contributed by atoms with Crippen LogP contribution in [-0.4, -0.2) is 107 Å². The van der Waals surface area contributed by atoms with Gasteiger partial charge >= 0.3 is 5.69 Å². The van der Waals surface area contributed by atoms with Crippen LogP contribution in [0.1, 0.15) is 94.7 Å². The summed E-state index contributed by atoms with van der Waals surface area (Å²) in [6.07, 6.45) is 4.29. The maximum atomic E-state index is 13.8. The first-order chi connectivity index (χ1) is 40.5. The summed E-state index contributed by atoms with van der Waals surface area (Å²) in [6, 6.07) is 41.0. The Morgan fingerprint density at radius 2 is 1.39 bits per heavy atom. The highest BCUT2D eigenvalue weighted by atomic mass is 32.2. The summed E-state index contributed by atoms with van der Waals surface area (Å²) >= 11 is 0. The van der Waals surface area contributed by atoms with Gasteiger partial charge in [-0.1, -0.05) is 67.4 Å². The van der Waals surface area contributed by atoms with Gasteiger partial charge in [-0.3, -0.25) is 19.1 Å². The van der Waals surface area contributed by atoms with Gasteiger partial charge in [0, 0.05) is 63.6 Å². The second-order valence-electron chi connectivity index (χ2n) is 20.7. The number of nitrogens with zero attached hydrogens (tertiary/aromatic N) is 6. The Bertz CT molecular complexity index is 3340. The number of aromatic amines is 1. The van der Waals surface area contributed by atoms with Crippen molar-refractivity contribution >= 4 is 47.6 Å². The maximum absolute atomic E-state index is 13.8. The average molecular weight is 1190 g/mol. The third kappa shape index (κ3) is 17.1. The number of unbranched alkanes of at least 4 members (excludes halogenated alkanes) is 3. The second-order valence-corrected chi connectivity index (χ2v) is 23.8. The molecule has 0 spiro atoms. The smallest absolute Gasteiger partial charge is 0.330 e. The molecule has 20 nitrogen and oxygen atoms in total. The summed E-state index contributed by atoms with van der Waals surface area (Å²) in [5.74, 6) is 0.866. The molecule has 0 saturated carbocycles. The lowest BCUT2D eigenvalue weighted by Gasteiger charge is -2.39. The van der Waals surface area contributed by atoms with Crippen LogP contribution in [0.25, 0.3) is 6.08 Å². The molecule has 446 valence electrons. The molecule has 4 atom stereocenters. The first-order valence-corrected chi connectivity index (χ1v) is 30.6.